The Morgan fingerprint density at radius 3 is 1.18 bits per heavy atom. The third-order valence-electron chi connectivity index (χ3n) is 9.94. The maximum Gasteiger partial charge on any atom is 0.0641 e. The van der Waals surface area contributed by atoms with Crippen LogP contribution in [-0.4, -0.2) is 13.5 Å². The van der Waals surface area contributed by atoms with E-state index in [9.17, 15) is 0 Å². The van der Waals surface area contributed by atoms with Gasteiger partial charge in [0.2, 0.25) is 0 Å². The predicted molar refractivity (Wildman–Crippen MR) is 190 cm³/mol. The van der Waals surface area contributed by atoms with Crippen molar-refractivity contribution in [1.29, 1.82) is 0 Å². The van der Waals surface area contributed by atoms with E-state index in [0.717, 1.165) is 0 Å². The standard InChI is InChI=1S/C42H25N3/c1-3-12-26(13-4-1)43-34-20-9-7-16-28(34)30-22-24-36-38(41(30)43)32-18-11-19-33-39-37(45(36)40(32)33)25-23-31-29-17-8-10-21-35(29)44(42(31)39)27-14-5-2-6-15-27/h1-25H. The molecule has 11 rings (SSSR count). The lowest BCUT2D eigenvalue weighted by Crippen LogP contribution is -1.94. The Balaban J connectivity index is 1.39. The van der Waals surface area contributed by atoms with Gasteiger partial charge in [0.15, 0.2) is 0 Å². The monoisotopic (exact) mass is 571 g/mol. The van der Waals surface area contributed by atoms with E-state index in [-0.39, 0.29) is 0 Å². The lowest BCUT2D eigenvalue weighted by atomic mass is 10.0. The fourth-order valence-corrected chi connectivity index (χ4v) is 8.25. The Labute approximate surface area is 257 Å². The number of hydrogen-bond donors (Lipinski definition) is 0. The predicted octanol–water partition coefficient (Wildman–Crippen LogP) is 11.0. The van der Waals surface area contributed by atoms with Gasteiger partial charge in [-0.15, -0.1) is 0 Å². The molecule has 0 saturated heterocycles. The first-order valence-corrected chi connectivity index (χ1v) is 15.6. The zero-order valence-corrected chi connectivity index (χ0v) is 24.3. The summed E-state index contributed by atoms with van der Waals surface area (Å²) in [6.45, 7) is 0. The number of rotatable bonds is 2. The zero-order chi connectivity index (χ0) is 29.2. The molecule has 0 spiro atoms. The van der Waals surface area contributed by atoms with Crippen molar-refractivity contribution in [3.63, 3.8) is 0 Å². The Morgan fingerprint density at radius 2 is 0.689 bits per heavy atom. The molecule has 4 heterocycles. The molecule has 45 heavy (non-hydrogen) atoms. The molecule has 0 unspecified atom stereocenters. The second-order valence-electron chi connectivity index (χ2n) is 12.1. The van der Waals surface area contributed by atoms with Crippen LogP contribution in [0.4, 0.5) is 0 Å². The summed E-state index contributed by atoms with van der Waals surface area (Å²) in [7, 11) is 0. The summed E-state index contributed by atoms with van der Waals surface area (Å²) >= 11 is 0. The van der Waals surface area contributed by atoms with E-state index in [1.807, 2.05) is 0 Å². The van der Waals surface area contributed by atoms with Gasteiger partial charge in [0.25, 0.3) is 0 Å². The van der Waals surface area contributed by atoms with Crippen molar-refractivity contribution in [2.45, 2.75) is 0 Å². The van der Waals surface area contributed by atoms with Crippen LogP contribution in [0.3, 0.4) is 0 Å². The third kappa shape index (κ3) is 2.82. The summed E-state index contributed by atoms with van der Waals surface area (Å²) in [5.74, 6) is 0. The quantitative estimate of drug-likeness (QED) is 0.196. The summed E-state index contributed by atoms with van der Waals surface area (Å²) < 4.78 is 7.44. The molecule has 3 heteroatoms. The minimum absolute atomic E-state index is 1.18. The van der Waals surface area contributed by atoms with Gasteiger partial charge in [-0.2, -0.15) is 0 Å². The molecular weight excluding hydrogens is 546 g/mol. The summed E-state index contributed by atoms with van der Waals surface area (Å²) in [4.78, 5) is 0. The van der Waals surface area contributed by atoms with Crippen LogP contribution in [0.5, 0.6) is 0 Å². The van der Waals surface area contributed by atoms with E-state index in [2.05, 4.69) is 165 Å². The van der Waals surface area contributed by atoms with Gasteiger partial charge in [0, 0.05) is 54.5 Å². The van der Waals surface area contributed by atoms with Gasteiger partial charge in [0.1, 0.15) is 0 Å². The normalized spacial score (nSPS) is 12.4. The van der Waals surface area contributed by atoms with Gasteiger partial charge in [0.05, 0.1) is 38.6 Å². The average Bonchev–Trinajstić information content (AvgIpc) is 3.83. The van der Waals surface area contributed by atoms with Crippen molar-refractivity contribution < 1.29 is 0 Å². The molecule has 0 saturated carbocycles. The SMILES string of the molecule is c1ccc(-n2c3ccccc3c3ccc4c(c5cccc6c7c8c(ccc7n4c56)c4ccccc4n8-c4ccccc4)c32)cc1. The number of benzene rings is 7. The Morgan fingerprint density at radius 1 is 0.267 bits per heavy atom. The first kappa shape index (κ1) is 23.4. The molecule has 0 radical (unpaired) electrons. The number of para-hydroxylation sites is 5. The van der Waals surface area contributed by atoms with Crippen LogP contribution < -0.4 is 0 Å². The molecule has 0 N–H and O–H groups in total. The number of hydrogen-bond acceptors (Lipinski definition) is 0. The fraction of sp³-hybridized carbons (Fsp3) is 0. The number of fused-ring (bicyclic) bond motifs is 14. The molecule has 0 atom stereocenters. The van der Waals surface area contributed by atoms with Crippen molar-refractivity contribution in [1.82, 2.24) is 13.5 Å². The molecule has 0 bridgehead atoms. The Kier molecular flexibility index (Phi) is 4.32. The van der Waals surface area contributed by atoms with Gasteiger partial charge < -0.3 is 13.5 Å². The highest BCUT2D eigenvalue weighted by Gasteiger charge is 2.25. The van der Waals surface area contributed by atoms with Crippen LogP contribution in [0, 0.1) is 0 Å². The summed E-state index contributed by atoms with van der Waals surface area (Å²) in [5, 5.41) is 10.3. The third-order valence-corrected chi connectivity index (χ3v) is 9.94. The topological polar surface area (TPSA) is 14.3 Å². The lowest BCUT2D eigenvalue weighted by Gasteiger charge is -2.10. The summed E-state index contributed by atoms with van der Waals surface area (Å²) in [6, 6.07) is 55.4. The molecule has 7 aromatic carbocycles. The van der Waals surface area contributed by atoms with E-state index >= 15 is 0 Å². The van der Waals surface area contributed by atoms with Crippen molar-refractivity contribution in [3.8, 4) is 11.4 Å². The van der Waals surface area contributed by atoms with Gasteiger partial charge in [-0.1, -0.05) is 103 Å². The molecular formula is C42H25N3. The molecule has 11 aromatic rings. The van der Waals surface area contributed by atoms with Crippen molar-refractivity contribution in [2.24, 2.45) is 0 Å². The van der Waals surface area contributed by atoms with Crippen molar-refractivity contribution >= 4 is 81.7 Å². The summed E-state index contributed by atoms with van der Waals surface area (Å²) in [5.41, 5.74) is 11.1. The van der Waals surface area contributed by atoms with Crippen molar-refractivity contribution in [3.05, 3.63) is 152 Å². The average molecular weight is 572 g/mol. The number of nitrogens with zero attached hydrogens (tertiary/aromatic N) is 3. The molecule has 0 amide bonds. The van der Waals surface area contributed by atoms with E-state index in [0.29, 0.717) is 0 Å². The highest BCUT2D eigenvalue weighted by Crippen LogP contribution is 2.47. The molecule has 208 valence electrons. The maximum atomic E-state index is 2.52. The Hall–Kier alpha value is -6.06. The second-order valence-corrected chi connectivity index (χ2v) is 12.1. The Bertz CT molecular complexity index is 2760. The maximum absolute atomic E-state index is 2.52. The van der Waals surface area contributed by atoms with E-state index < -0.39 is 0 Å². The smallest absolute Gasteiger partial charge is 0.0641 e. The highest BCUT2D eigenvalue weighted by molar-refractivity contribution is 6.34. The van der Waals surface area contributed by atoms with Crippen LogP contribution in [0.1, 0.15) is 0 Å². The minimum atomic E-state index is 1.18. The van der Waals surface area contributed by atoms with Crippen LogP contribution >= 0.6 is 0 Å². The van der Waals surface area contributed by atoms with Gasteiger partial charge in [-0.3, -0.25) is 0 Å². The van der Waals surface area contributed by atoms with Crippen LogP contribution in [-0.2, 0) is 0 Å². The molecule has 4 aromatic heterocycles. The van der Waals surface area contributed by atoms with E-state index in [4.69, 9.17) is 0 Å². The van der Waals surface area contributed by atoms with Crippen LogP contribution in [0.2, 0.25) is 0 Å². The highest BCUT2D eigenvalue weighted by atomic mass is 15.0. The largest absolute Gasteiger partial charge is 0.309 e. The van der Waals surface area contributed by atoms with Crippen LogP contribution in [0.15, 0.2) is 152 Å². The first-order valence-electron chi connectivity index (χ1n) is 15.6. The second kappa shape index (κ2) is 8.31. The zero-order valence-electron chi connectivity index (χ0n) is 24.3. The van der Waals surface area contributed by atoms with E-state index in [1.165, 1.54) is 93.1 Å². The molecule has 0 aliphatic carbocycles. The fourth-order valence-electron chi connectivity index (χ4n) is 8.25. The van der Waals surface area contributed by atoms with Crippen molar-refractivity contribution in [2.75, 3.05) is 0 Å². The number of aromatic nitrogens is 3. The molecule has 0 aliphatic heterocycles. The van der Waals surface area contributed by atoms with Crippen LogP contribution in [0.25, 0.3) is 93.1 Å². The minimum Gasteiger partial charge on any atom is -0.309 e. The lowest BCUT2D eigenvalue weighted by molar-refractivity contribution is 1.19. The first-order chi connectivity index (χ1) is 22.4. The summed E-state index contributed by atoms with van der Waals surface area (Å²) in [6.07, 6.45) is 0. The van der Waals surface area contributed by atoms with Gasteiger partial charge in [-0.25, -0.2) is 0 Å². The molecule has 0 aliphatic rings. The van der Waals surface area contributed by atoms with Gasteiger partial charge in [-0.05, 0) is 48.5 Å². The molecule has 3 nitrogen and oxygen atoms in total. The van der Waals surface area contributed by atoms with Gasteiger partial charge >= 0.3 is 0 Å². The van der Waals surface area contributed by atoms with E-state index in [1.54, 1.807) is 0 Å². The molecule has 0 fully saturated rings.